The highest BCUT2D eigenvalue weighted by molar-refractivity contribution is 6.07. The average Bonchev–Trinajstić information content (AvgIpc) is 2.30. The molecule has 2 aromatic rings. The Morgan fingerprint density at radius 3 is 2.47 bits per heavy atom. The second-order valence-electron chi connectivity index (χ2n) is 3.04. The number of carbonyl (C=O) groups is 1. The van der Waals surface area contributed by atoms with Crippen molar-refractivity contribution < 1.29 is 4.79 Å². The van der Waals surface area contributed by atoms with Gasteiger partial charge in [0.1, 0.15) is 5.69 Å². The Morgan fingerprint density at radius 1 is 1.13 bits per heavy atom. The molecule has 0 fully saturated rings. The highest BCUT2D eigenvalue weighted by Gasteiger charge is 2.09. The molecule has 1 aromatic carbocycles. The van der Waals surface area contributed by atoms with E-state index in [2.05, 4.69) is 9.97 Å². The largest absolute Gasteiger partial charge is 0.399 e. The molecule has 0 amide bonds. The number of carbonyl (C=O) groups excluding carboxylic acids is 1. The van der Waals surface area contributed by atoms with Gasteiger partial charge in [0.2, 0.25) is 5.78 Å². The molecule has 2 N–H and O–H groups in total. The van der Waals surface area contributed by atoms with Crippen molar-refractivity contribution in [2.75, 3.05) is 5.73 Å². The van der Waals surface area contributed by atoms with E-state index in [0.717, 1.165) is 0 Å². The maximum Gasteiger partial charge on any atom is 0.212 e. The number of rotatable bonds is 2. The van der Waals surface area contributed by atoms with Crippen LogP contribution >= 0.6 is 0 Å². The molecule has 0 radical (unpaired) electrons. The zero-order valence-corrected chi connectivity index (χ0v) is 7.92. The Balaban J connectivity index is 2.33. The third-order valence-corrected chi connectivity index (χ3v) is 1.97. The number of ketones is 1. The van der Waals surface area contributed by atoms with Crippen molar-refractivity contribution in [3.05, 3.63) is 54.1 Å². The SMILES string of the molecule is Nc1ccc(C(=O)c2cnccn2)cc1. The van der Waals surface area contributed by atoms with Gasteiger partial charge in [-0.3, -0.25) is 9.78 Å². The molecule has 0 atom stereocenters. The zero-order chi connectivity index (χ0) is 10.7. The van der Waals surface area contributed by atoms with Gasteiger partial charge >= 0.3 is 0 Å². The first-order chi connectivity index (χ1) is 7.27. The molecular formula is C11H9N3O. The number of nitrogens with two attached hydrogens (primary N) is 1. The quantitative estimate of drug-likeness (QED) is 0.584. The van der Waals surface area contributed by atoms with Crippen LogP contribution < -0.4 is 5.73 Å². The smallest absolute Gasteiger partial charge is 0.212 e. The number of nitrogens with zero attached hydrogens (tertiary/aromatic N) is 2. The summed E-state index contributed by atoms with van der Waals surface area (Å²) in [6.45, 7) is 0. The van der Waals surface area contributed by atoms with E-state index in [1.165, 1.54) is 18.6 Å². The normalized spacial score (nSPS) is 9.87. The summed E-state index contributed by atoms with van der Waals surface area (Å²) in [7, 11) is 0. The first-order valence-electron chi connectivity index (χ1n) is 4.43. The van der Waals surface area contributed by atoms with Gasteiger partial charge in [0.25, 0.3) is 0 Å². The van der Waals surface area contributed by atoms with Crippen molar-refractivity contribution in [1.82, 2.24) is 9.97 Å². The van der Waals surface area contributed by atoms with E-state index in [0.29, 0.717) is 16.9 Å². The third-order valence-electron chi connectivity index (χ3n) is 1.97. The lowest BCUT2D eigenvalue weighted by molar-refractivity contribution is 0.103. The standard InChI is InChI=1S/C11H9N3O/c12-9-3-1-8(2-4-9)11(15)10-7-13-5-6-14-10/h1-7H,12H2. The number of aromatic nitrogens is 2. The van der Waals surface area contributed by atoms with Gasteiger partial charge in [-0.25, -0.2) is 4.98 Å². The number of nitrogen functional groups attached to an aromatic ring is 1. The van der Waals surface area contributed by atoms with Crippen LogP contribution in [-0.2, 0) is 0 Å². The minimum Gasteiger partial charge on any atom is -0.399 e. The maximum atomic E-state index is 11.8. The topological polar surface area (TPSA) is 68.9 Å². The highest BCUT2D eigenvalue weighted by Crippen LogP contribution is 2.09. The number of hydrogen-bond donors (Lipinski definition) is 1. The second kappa shape index (κ2) is 3.88. The molecule has 74 valence electrons. The number of anilines is 1. The van der Waals surface area contributed by atoms with E-state index in [4.69, 9.17) is 5.73 Å². The molecule has 0 unspecified atom stereocenters. The van der Waals surface area contributed by atoms with Gasteiger partial charge in [0.05, 0.1) is 6.20 Å². The minimum absolute atomic E-state index is 0.150. The Morgan fingerprint density at radius 2 is 1.87 bits per heavy atom. The lowest BCUT2D eigenvalue weighted by atomic mass is 10.1. The molecular weight excluding hydrogens is 190 g/mol. The summed E-state index contributed by atoms with van der Waals surface area (Å²) in [5.74, 6) is -0.150. The summed E-state index contributed by atoms with van der Waals surface area (Å²) < 4.78 is 0. The fourth-order valence-corrected chi connectivity index (χ4v) is 1.20. The molecule has 0 saturated heterocycles. The molecule has 0 aliphatic rings. The summed E-state index contributed by atoms with van der Waals surface area (Å²) in [4.78, 5) is 19.6. The summed E-state index contributed by atoms with van der Waals surface area (Å²) in [6.07, 6.45) is 4.46. The van der Waals surface area contributed by atoms with E-state index in [1.54, 1.807) is 24.3 Å². The van der Waals surface area contributed by atoms with E-state index in [1.807, 2.05) is 0 Å². The monoisotopic (exact) mass is 199 g/mol. The van der Waals surface area contributed by atoms with E-state index in [-0.39, 0.29) is 5.78 Å². The Hall–Kier alpha value is -2.23. The zero-order valence-electron chi connectivity index (χ0n) is 7.92. The van der Waals surface area contributed by atoms with Crippen LogP contribution in [0, 0.1) is 0 Å². The van der Waals surface area contributed by atoms with Crippen LogP contribution in [0.1, 0.15) is 16.1 Å². The molecule has 0 aliphatic carbocycles. The molecule has 15 heavy (non-hydrogen) atoms. The van der Waals surface area contributed by atoms with Gasteiger partial charge in [-0.05, 0) is 24.3 Å². The van der Waals surface area contributed by atoms with E-state index >= 15 is 0 Å². The van der Waals surface area contributed by atoms with Crippen LogP contribution in [0.5, 0.6) is 0 Å². The van der Waals surface area contributed by atoms with Gasteiger partial charge in [-0.1, -0.05) is 0 Å². The summed E-state index contributed by atoms with van der Waals surface area (Å²) in [5.41, 5.74) is 7.05. The molecule has 0 saturated carbocycles. The van der Waals surface area contributed by atoms with Crippen molar-refractivity contribution >= 4 is 11.5 Å². The van der Waals surface area contributed by atoms with Crippen LogP contribution in [0.25, 0.3) is 0 Å². The van der Waals surface area contributed by atoms with E-state index in [9.17, 15) is 4.79 Å². The first kappa shape index (κ1) is 9.33. The third kappa shape index (κ3) is 1.99. The Bertz CT molecular complexity index is 465. The van der Waals surface area contributed by atoms with Crippen molar-refractivity contribution in [3.8, 4) is 0 Å². The van der Waals surface area contributed by atoms with E-state index < -0.39 is 0 Å². The van der Waals surface area contributed by atoms with Crippen molar-refractivity contribution in [1.29, 1.82) is 0 Å². The summed E-state index contributed by atoms with van der Waals surface area (Å²) in [6, 6.07) is 6.71. The second-order valence-corrected chi connectivity index (χ2v) is 3.04. The predicted octanol–water partition coefficient (Wildman–Crippen LogP) is 1.29. The summed E-state index contributed by atoms with van der Waals surface area (Å²) in [5, 5.41) is 0. The first-order valence-corrected chi connectivity index (χ1v) is 4.43. The lowest BCUT2D eigenvalue weighted by Crippen LogP contribution is -2.04. The number of hydrogen-bond acceptors (Lipinski definition) is 4. The van der Waals surface area contributed by atoms with Gasteiger partial charge in [0, 0.05) is 23.6 Å². The predicted molar refractivity (Wildman–Crippen MR) is 56.3 cm³/mol. The fourth-order valence-electron chi connectivity index (χ4n) is 1.20. The van der Waals surface area contributed by atoms with Crippen LogP contribution in [0.3, 0.4) is 0 Å². The molecule has 1 aromatic heterocycles. The van der Waals surface area contributed by atoms with Crippen molar-refractivity contribution in [3.63, 3.8) is 0 Å². The van der Waals surface area contributed by atoms with Crippen LogP contribution in [-0.4, -0.2) is 15.8 Å². The molecule has 1 heterocycles. The summed E-state index contributed by atoms with van der Waals surface area (Å²) >= 11 is 0. The molecule has 0 bridgehead atoms. The number of benzene rings is 1. The van der Waals surface area contributed by atoms with Crippen LogP contribution in [0.2, 0.25) is 0 Å². The van der Waals surface area contributed by atoms with Gasteiger partial charge < -0.3 is 5.73 Å². The maximum absolute atomic E-state index is 11.8. The van der Waals surface area contributed by atoms with Gasteiger partial charge in [0.15, 0.2) is 0 Å². The van der Waals surface area contributed by atoms with Gasteiger partial charge in [-0.2, -0.15) is 0 Å². The minimum atomic E-state index is -0.150. The van der Waals surface area contributed by atoms with Crippen LogP contribution in [0.4, 0.5) is 5.69 Å². The molecule has 0 spiro atoms. The molecule has 4 heteroatoms. The average molecular weight is 199 g/mol. The molecule has 4 nitrogen and oxygen atoms in total. The lowest BCUT2D eigenvalue weighted by Gasteiger charge is -1.99. The fraction of sp³-hybridized carbons (Fsp3) is 0. The highest BCUT2D eigenvalue weighted by atomic mass is 16.1. The van der Waals surface area contributed by atoms with Crippen molar-refractivity contribution in [2.24, 2.45) is 0 Å². The molecule has 2 rings (SSSR count). The Labute approximate surface area is 86.8 Å². The van der Waals surface area contributed by atoms with Crippen LogP contribution in [0.15, 0.2) is 42.9 Å². The molecule has 0 aliphatic heterocycles. The Kier molecular flexibility index (Phi) is 2.41. The van der Waals surface area contributed by atoms with Gasteiger partial charge in [-0.15, -0.1) is 0 Å². The van der Waals surface area contributed by atoms with Crippen molar-refractivity contribution in [2.45, 2.75) is 0 Å².